The van der Waals surface area contributed by atoms with E-state index in [2.05, 4.69) is 230 Å². The van der Waals surface area contributed by atoms with Crippen molar-refractivity contribution in [2.75, 3.05) is 0 Å². The molecule has 0 fully saturated rings. The van der Waals surface area contributed by atoms with E-state index in [-0.39, 0.29) is 5.92 Å². The molecule has 10 aromatic rings. The second kappa shape index (κ2) is 14.1. The SMILES string of the molecule is CC1c2ccc(-c3ccc4c(c3)c3ccccc3n4-c3ccc(-c4ccc(-c5ccccc5)cc4)cc3)cc2-c2ccccc2C1c1cccc(-c2ccccc2)c1. The highest BCUT2D eigenvalue weighted by Crippen LogP contribution is 2.51. The lowest BCUT2D eigenvalue weighted by Crippen LogP contribution is -2.17. The molecule has 0 saturated carbocycles. The first-order valence-corrected chi connectivity index (χ1v) is 20.4. The fraction of sp³-hybridized carbons (Fsp3) is 0.0526. The van der Waals surface area contributed by atoms with Gasteiger partial charge in [0.1, 0.15) is 0 Å². The normalized spacial score (nSPS) is 14.6. The molecule has 0 radical (unpaired) electrons. The minimum Gasteiger partial charge on any atom is -0.309 e. The summed E-state index contributed by atoms with van der Waals surface area (Å²) in [4.78, 5) is 0. The Hall–Kier alpha value is -7.22. The van der Waals surface area contributed by atoms with Crippen LogP contribution in [0.25, 0.3) is 83.1 Å². The smallest absolute Gasteiger partial charge is 0.0541 e. The molecule has 1 aromatic heterocycles. The molecule has 1 aliphatic carbocycles. The number of fused-ring (bicyclic) bond motifs is 6. The monoisotopic (exact) mass is 739 g/mol. The van der Waals surface area contributed by atoms with Gasteiger partial charge < -0.3 is 4.57 Å². The molecule has 0 spiro atoms. The Bertz CT molecular complexity index is 3100. The van der Waals surface area contributed by atoms with Gasteiger partial charge in [-0.15, -0.1) is 0 Å². The van der Waals surface area contributed by atoms with Gasteiger partial charge in [0, 0.05) is 22.4 Å². The van der Waals surface area contributed by atoms with Crippen molar-refractivity contribution in [3.63, 3.8) is 0 Å². The predicted octanol–water partition coefficient (Wildman–Crippen LogP) is 15.4. The third-order valence-corrected chi connectivity index (χ3v) is 12.4. The lowest BCUT2D eigenvalue weighted by Gasteiger charge is -2.34. The summed E-state index contributed by atoms with van der Waals surface area (Å²) in [6.45, 7) is 2.41. The predicted molar refractivity (Wildman–Crippen MR) is 245 cm³/mol. The maximum atomic E-state index is 2.44. The lowest BCUT2D eigenvalue weighted by molar-refractivity contribution is 0.650. The summed E-state index contributed by atoms with van der Waals surface area (Å²) in [6.07, 6.45) is 0. The maximum absolute atomic E-state index is 2.44. The fourth-order valence-corrected chi connectivity index (χ4v) is 9.56. The molecule has 2 unspecified atom stereocenters. The molecule has 0 aliphatic heterocycles. The minimum atomic E-state index is 0.273. The average Bonchev–Trinajstić information content (AvgIpc) is 3.63. The summed E-state index contributed by atoms with van der Waals surface area (Å²) in [5.74, 6) is 0.598. The first-order valence-electron chi connectivity index (χ1n) is 20.4. The first-order chi connectivity index (χ1) is 28.7. The van der Waals surface area contributed by atoms with Crippen LogP contribution in [-0.2, 0) is 0 Å². The number of benzene rings is 9. The summed E-state index contributed by atoms with van der Waals surface area (Å²) in [5, 5.41) is 2.52. The van der Waals surface area contributed by atoms with Gasteiger partial charge >= 0.3 is 0 Å². The first kappa shape index (κ1) is 34.1. The number of hydrogen-bond donors (Lipinski definition) is 0. The Morgan fingerprint density at radius 3 is 1.59 bits per heavy atom. The molecule has 58 heavy (non-hydrogen) atoms. The van der Waals surface area contributed by atoms with Crippen LogP contribution in [0.5, 0.6) is 0 Å². The van der Waals surface area contributed by atoms with Crippen molar-refractivity contribution in [2.45, 2.75) is 18.8 Å². The summed E-state index contributed by atoms with van der Waals surface area (Å²) >= 11 is 0. The lowest BCUT2D eigenvalue weighted by atomic mass is 9.69. The van der Waals surface area contributed by atoms with E-state index in [1.54, 1.807) is 0 Å². The van der Waals surface area contributed by atoms with Crippen molar-refractivity contribution in [1.82, 2.24) is 4.57 Å². The van der Waals surface area contributed by atoms with E-state index >= 15 is 0 Å². The second-order valence-corrected chi connectivity index (χ2v) is 15.7. The highest BCUT2D eigenvalue weighted by atomic mass is 15.0. The Morgan fingerprint density at radius 1 is 0.328 bits per heavy atom. The third kappa shape index (κ3) is 5.78. The highest BCUT2D eigenvalue weighted by molar-refractivity contribution is 6.10. The number of aromatic nitrogens is 1. The molecule has 0 bridgehead atoms. The van der Waals surface area contributed by atoms with Crippen LogP contribution in [-0.4, -0.2) is 4.57 Å². The van der Waals surface area contributed by atoms with Crippen LogP contribution in [0.3, 0.4) is 0 Å². The van der Waals surface area contributed by atoms with Crippen molar-refractivity contribution < 1.29 is 0 Å². The zero-order valence-electron chi connectivity index (χ0n) is 32.4. The standard InChI is InChI=1S/C57H41N/c1-38-49-33-29-45(36-53(49)50-19-8-9-21-52(50)57(38)47-18-12-17-44(35-47)40-15-6-3-7-16-40)46-30-34-56-54(37-46)51-20-10-11-22-55(51)58(56)48-31-27-43(28-32-48)42-25-23-41(24-26-42)39-13-4-2-5-14-39/h2-38,57H,1H3. The highest BCUT2D eigenvalue weighted by Gasteiger charge is 2.32. The Balaban J connectivity index is 0.944. The number of hydrogen-bond acceptors (Lipinski definition) is 0. The van der Waals surface area contributed by atoms with E-state index in [1.807, 2.05) is 0 Å². The average molecular weight is 740 g/mol. The maximum Gasteiger partial charge on any atom is 0.0541 e. The summed E-state index contributed by atoms with van der Waals surface area (Å²) in [7, 11) is 0. The van der Waals surface area contributed by atoms with Gasteiger partial charge in [-0.25, -0.2) is 0 Å². The largest absolute Gasteiger partial charge is 0.309 e. The van der Waals surface area contributed by atoms with E-state index in [4.69, 9.17) is 0 Å². The van der Waals surface area contributed by atoms with Gasteiger partial charge in [0.2, 0.25) is 0 Å². The van der Waals surface area contributed by atoms with E-state index in [9.17, 15) is 0 Å². The molecular weight excluding hydrogens is 699 g/mol. The van der Waals surface area contributed by atoms with Gasteiger partial charge in [0.15, 0.2) is 0 Å². The van der Waals surface area contributed by atoms with Gasteiger partial charge in [-0.2, -0.15) is 0 Å². The van der Waals surface area contributed by atoms with Gasteiger partial charge in [-0.05, 0) is 115 Å². The van der Waals surface area contributed by atoms with Gasteiger partial charge in [-0.1, -0.05) is 189 Å². The summed E-state index contributed by atoms with van der Waals surface area (Å²) in [5.41, 5.74) is 20.3. The summed E-state index contributed by atoms with van der Waals surface area (Å²) < 4.78 is 2.41. The number of para-hydroxylation sites is 1. The van der Waals surface area contributed by atoms with E-state index in [1.165, 1.54) is 94.1 Å². The van der Waals surface area contributed by atoms with E-state index in [0.29, 0.717) is 5.92 Å². The van der Waals surface area contributed by atoms with Gasteiger partial charge in [0.05, 0.1) is 11.0 Å². The van der Waals surface area contributed by atoms with Crippen molar-refractivity contribution in [3.05, 3.63) is 235 Å². The molecule has 9 aromatic carbocycles. The van der Waals surface area contributed by atoms with Crippen molar-refractivity contribution in [2.24, 2.45) is 0 Å². The molecule has 11 rings (SSSR count). The molecule has 0 amide bonds. The molecule has 0 saturated heterocycles. The minimum absolute atomic E-state index is 0.273. The third-order valence-electron chi connectivity index (χ3n) is 12.4. The number of nitrogens with zero attached hydrogens (tertiary/aromatic N) is 1. The van der Waals surface area contributed by atoms with Crippen LogP contribution in [0.1, 0.15) is 35.4 Å². The van der Waals surface area contributed by atoms with Gasteiger partial charge in [-0.3, -0.25) is 0 Å². The van der Waals surface area contributed by atoms with Crippen LogP contribution >= 0.6 is 0 Å². The molecule has 274 valence electrons. The number of rotatable bonds is 6. The molecule has 1 aliphatic rings. The van der Waals surface area contributed by atoms with E-state index in [0.717, 1.165) is 5.69 Å². The van der Waals surface area contributed by atoms with Crippen molar-refractivity contribution in [3.8, 4) is 61.3 Å². The molecule has 0 N–H and O–H groups in total. The molecule has 1 heteroatoms. The van der Waals surface area contributed by atoms with Gasteiger partial charge in [0.25, 0.3) is 0 Å². The second-order valence-electron chi connectivity index (χ2n) is 15.7. The van der Waals surface area contributed by atoms with Crippen LogP contribution in [0, 0.1) is 0 Å². The Morgan fingerprint density at radius 2 is 0.845 bits per heavy atom. The van der Waals surface area contributed by atoms with E-state index < -0.39 is 0 Å². The zero-order valence-corrected chi connectivity index (χ0v) is 32.4. The molecule has 1 heterocycles. The van der Waals surface area contributed by atoms with Crippen molar-refractivity contribution >= 4 is 21.8 Å². The zero-order chi connectivity index (χ0) is 38.6. The molecule has 1 nitrogen and oxygen atoms in total. The van der Waals surface area contributed by atoms with Crippen LogP contribution in [0.15, 0.2) is 218 Å². The molecule has 2 atom stereocenters. The quantitative estimate of drug-likeness (QED) is 0.160. The van der Waals surface area contributed by atoms with Crippen LogP contribution in [0.4, 0.5) is 0 Å². The fourth-order valence-electron chi connectivity index (χ4n) is 9.56. The van der Waals surface area contributed by atoms with Crippen LogP contribution < -0.4 is 0 Å². The Kier molecular flexibility index (Phi) is 8.26. The summed E-state index contributed by atoms with van der Waals surface area (Å²) in [6, 6.07) is 80.4. The van der Waals surface area contributed by atoms with Crippen molar-refractivity contribution in [1.29, 1.82) is 0 Å². The molecular formula is C57H41N. The topological polar surface area (TPSA) is 4.93 Å². The van der Waals surface area contributed by atoms with Crippen LogP contribution in [0.2, 0.25) is 0 Å². The Labute approximate surface area is 340 Å².